The summed E-state index contributed by atoms with van der Waals surface area (Å²) in [6.45, 7) is 2.16. The minimum Gasteiger partial charge on any atom is -0.365 e. The van der Waals surface area contributed by atoms with Gasteiger partial charge in [0.05, 0.1) is 19.0 Å². The standard InChI is InChI=1S/C26H39N5O2/c1-29(2)26(22-10-4-3-5-11-22)14-12-25(13-15-26)20-30(19-23(32)28-17-7-16-27)24(33)31(25)18-21-8-6-9-21/h3-5,10-11,21,24,33H,6-9,12-15,17-20H2,1-2H3,(H,28,32)/t24?,25-,26+. The topological polar surface area (TPSA) is 82.8 Å². The van der Waals surface area contributed by atoms with Gasteiger partial charge in [-0.15, -0.1) is 0 Å². The summed E-state index contributed by atoms with van der Waals surface area (Å²) in [5, 5.41) is 22.9. The van der Waals surface area contributed by atoms with Gasteiger partial charge in [-0.2, -0.15) is 5.26 Å². The summed E-state index contributed by atoms with van der Waals surface area (Å²) < 4.78 is 0. The number of benzene rings is 1. The van der Waals surface area contributed by atoms with Gasteiger partial charge in [0.25, 0.3) is 0 Å². The maximum atomic E-state index is 12.5. The van der Waals surface area contributed by atoms with Crippen LogP contribution in [0.3, 0.4) is 0 Å². The molecule has 180 valence electrons. The van der Waals surface area contributed by atoms with E-state index in [9.17, 15) is 9.90 Å². The van der Waals surface area contributed by atoms with Crippen LogP contribution in [0, 0.1) is 17.2 Å². The SMILES string of the molecule is CN(C)[C@]1(c2ccccc2)CC[C@]2(CC1)CN(CC(=O)NCCC#N)C(O)N2CC1CCC1. The molecule has 1 amide bonds. The van der Waals surface area contributed by atoms with Gasteiger partial charge >= 0.3 is 0 Å². The lowest BCUT2D eigenvalue weighted by Gasteiger charge is -2.52. The minimum atomic E-state index is -0.726. The van der Waals surface area contributed by atoms with Gasteiger partial charge in [-0.05, 0) is 64.1 Å². The predicted molar refractivity (Wildman–Crippen MR) is 128 cm³/mol. The van der Waals surface area contributed by atoms with E-state index in [0.717, 1.165) is 32.2 Å². The molecule has 7 heteroatoms. The molecule has 4 rings (SSSR count). The number of rotatable bonds is 8. The van der Waals surface area contributed by atoms with Crippen LogP contribution >= 0.6 is 0 Å². The van der Waals surface area contributed by atoms with Crippen LogP contribution < -0.4 is 5.32 Å². The minimum absolute atomic E-state index is 0.00168. The maximum absolute atomic E-state index is 12.5. The Morgan fingerprint density at radius 2 is 1.91 bits per heavy atom. The number of nitrogens with one attached hydrogen (secondary N) is 1. The Morgan fingerprint density at radius 1 is 1.21 bits per heavy atom. The second-order valence-corrected chi connectivity index (χ2v) is 10.5. The molecule has 1 heterocycles. The molecule has 33 heavy (non-hydrogen) atoms. The van der Waals surface area contributed by atoms with E-state index in [1.807, 2.05) is 4.90 Å². The van der Waals surface area contributed by atoms with Crippen molar-refractivity contribution in [3.05, 3.63) is 35.9 Å². The number of hydrogen-bond acceptors (Lipinski definition) is 6. The van der Waals surface area contributed by atoms with E-state index in [1.165, 1.54) is 24.8 Å². The zero-order valence-electron chi connectivity index (χ0n) is 20.2. The molecule has 1 aromatic rings. The molecule has 1 atom stereocenters. The van der Waals surface area contributed by atoms with E-state index in [1.54, 1.807) is 0 Å². The van der Waals surface area contributed by atoms with Gasteiger partial charge in [0.1, 0.15) is 0 Å². The van der Waals surface area contributed by atoms with Crippen molar-refractivity contribution in [2.75, 3.05) is 40.3 Å². The average Bonchev–Trinajstić information content (AvgIpc) is 3.02. The van der Waals surface area contributed by atoms with Crippen LogP contribution in [0.5, 0.6) is 0 Å². The monoisotopic (exact) mass is 453 g/mol. The van der Waals surface area contributed by atoms with Crippen molar-refractivity contribution in [3.63, 3.8) is 0 Å². The summed E-state index contributed by atoms with van der Waals surface area (Å²) in [7, 11) is 4.36. The third kappa shape index (κ3) is 4.81. The Balaban J connectivity index is 1.51. The van der Waals surface area contributed by atoms with Gasteiger partial charge in [-0.3, -0.25) is 19.5 Å². The maximum Gasteiger partial charge on any atom is 0.234 e. The summed E-state index contributed by atoms with van der Waals surface area (Å²) in [6, 6.07) is 12.9. The Hall–Kier alpha value is -1.98. The lowest BCUT2D eigenvalue weighted by Crippen LogP contribution is -2.57. The van der Waals surface area contributed by atoms with Crippen molar-refractivity contribution in [2.24, 2.45) is 5.92 Å². The second kappa shape index (κ2) is 10.1. The van der Waals surface area contributed by atoms with Crippen molar-refractivity contribution in [1.82, 2.24) is 20.0 Å². The van der Waals surface area contributed by atoms with Gasteiger partial charge < -0.3 is 10.4 Å². The van der Waals surface area contributed by atoms with Crippen molar-refractivity contribution in [2.45, 2.75) is 68.8 Å². The quantitative estimate of drug-likeness (QED) is 0.589. The van der Waals surface area contributed by atoms with Crippen LogP contribution in [-0.2, 0) is 10.3 Å². The molecule has 0 bridgehead atoms. The van der Waals surface area contributed by atoms with Crippen LogP contribution in [0.25, 0.3) is 0 Å². The number of nitrogens with zero attached hydrogens (tertiary/aromatic N) is 4. The van der Waals surface area contributed by atoms with E-state index < -0.39 is 6.35 Å². The predicted octanol–water partition coefficient (Wildman–Crippen LogP) is 2.48. The Labute approximate surface area is 198 Å². The highest BCUT2D eigenvalue weighted by molar-refractivity contribution is 5.78. The lowest BCUT2D eigenvalue weighted by atomic mass is 9.68. The number of amides is 1. The smallest absolute Gasteiger partial charge is 0.234 e. The number of nitriles is 1. The van der Waals surface area contributed by atoms with E-state index in [0.29, 0.717) is 25.4 Å². The normalized spacial score (nSPS) is 30.9. The molecule has 2 aliphatic carbocycles. The molecule has 0 aromatic heterocycles. The molecule has 3 aliphatic rings. The third-order valence-electron chi connectivity index (χ3n) is 8.47. The number of aliphatic hydroxyl groups excluding tert-OH is 1. The molecule has 1 aliphatic heterocycles. The molecule has 3 fully saturated rings. The summed E-state index contributed by atoms with van der Waals surface area (Å²) in [5.74, 6) is 0.531. The molecule has 1 saturated heterocycles. The number of carbonyl (C=O) groups excluding carboxylic acids is 1. The number of aliphatic hydroxyl groups is 1. The summed E-state index contributed by atoms with van der Waals surface area (Å²) in [4.78, 5) is 19.1. The van der Waals surface area contributed by atoms with Crippen LogP contribution in [-0.4, -0.2) is 77.9 Å². The molecule has 7 nitrogen and oxygen atoms in total. The Morgan fingerprint density at radius 3 is 2.48 bits per heavy atom. The first-order chi connectivity index (χ1) is 15.9. The zero-order chi connectivity index (χ0) is 23.5. The van der Waals surface area contributed by atoms with Crippen molar-refractivity contribution < 1.29 is 9.90 Å². The molecule has 2 saturated carbocycles. The van der Waals surface area contributed by atoms with Crippen molar-refractivity contribution in [3.8, 4) is 6.07 Å². The van der Waals surface area contributed by atoms with Gasteiger partial charge in [0, 0.05) is 30.7 Å². The number of hydrogen-bond donors (Lipinski definition) is 2. The van der Waals surface area contributed by atoms with Crippen LogP contribution in [0.4, 0.5) is 0 Å². The summed E-state index contributed by atoms with van der Waals surface area (Å²) in [5.41, 5.74) is 1.26. The number of carbonyl (C=O) groups is 1. The molecule has 2 N–H and O–H groups in total. The molecule has 0 radical (unpaired) electrons. The summed E-state index contributed by atoms with van der Waals surface area (Å²) >= 11 is 0. The molecular weight excluding hydrogens is 414 g/mol. The third-order valence-corrected chi connectivity index (χ3v) is 8.47. The van der Waals surface area contributed by atoms with Crippen LogP contribution in [0.15, 0.2) is 30.3 Å². The Kier molecular flexibility index (Phi) is 7.40. The van der Waals surface area contributed by atoms with Crippen molar-refractivity contribution >= 4 is 5.91 Å². The molecule has 1 unspecified atom stereocenters. The molecule has 1 spiro atoms. The first kappa shape index (κ1) is 24.2. The zero-order valence-corrected chi connectivity index (χ0v) is 20.2. The van der Waals surface area contributed by atoms with Gasteiger partial charge in [0.15, 0.2) is 6.35 Å². The van der Waals surface area contributed by atoms with Crippen molar-refractivity contribution in [1.29, 1.82) is 5.26 Å². The van der Waals surface area contributed by atoms with E-state index in [2.05, 4.69) is 65.6 Å². The largest absolute Gasteiger partial charge is 0.365 e. The summed E-state index contributed by atoms with van der Waals surface area (Å²) in [6.07, 6.45) is 7.38. The van der Waals surface area contributed by atoms with Gasteiger partial charge in [0.2, 0.25) is 5.91 Å². The highest BCUT2D eigenvalue weighted by atomic mass is 16.3. The lowest BCUT2D eigenvalue weighted by molar-refractivity contribution is -0.130. The van der Waals surface area contributed by atoms with E-state index in [-0.39, 0.29) is 23.5 Å². The van der Waals surface area contributed by atoms with Crippen LogP contribution in [0.2, 0.25) is 0 Å². The first-order valence-electron chi connectivity index (χ1n) is 12.5. The highest BCUT2D eigenvalue weighted by Crippen LogP contribution is 2.50. The molecule has 1 aromatic carbocycles. The first-order valence-corrected chi connectivity index (χ1v) is 12.5. The average molecular weight is 454 g/mol. The van der Waals surface area contributed by atoms with Crippen LogP contribution in [0.1, 0.15) is 56.9 Å². The Bertz CT molecular complexity index is 840. The van der Waals surface area contributed by atoms with E-state index in [4.69, 9.17) is 5.26 Å². The fourth-order valence-corrected chi connectivity index (χ4v) is 6.19. The van der Waals surface area contributed by atoms with Gasteiger partial charge in [-0.25, -0.2) is 0 Å². The fourth-order valence-electron chi connectivity index (χ4n) is 6.19. The van der Waals surface area contributed by atoms with Gasteiger partial charge in [-0.1, -0.05) is 36.8 Å². The van der Waals surface area contributed by atoms with E-state index >= 15 is 0 Å². The highest BCUT2D eigenvalue weighted by Gasteiger charge is 2.55. The second-order valence-electron chi connectivity index (χ2n) is 10.5. The fraction of sp³-hybridized carbons (Fsp3) is 0.692. The molecular formula is C26H39N5O2.